The first kappa shape index (κ1) is 24.4. The smallest absolute Gasteiger partial charge is 1.00 e. The Labute approximate surface area is 167 Å². The Hall–Kier alpha value is 1.39. The molecule has 0 aromatic heterocycles. The molecule has 18 heavy (non-hydrogen) atoms. The fourth-order valence-corrected chi connectivity index (χ4v) is 1.80. The minimum absolute atomic E-state index is 0. The minimum Gasteiger partial charge on any atom is -1.00 e. The van der Waals surface area contributed by atoms with Gasteiger partial charge in [-0.1, -0.05) is 33.0 Å². The number of benzene rings is 1. The molecule has 0 unspecified atom stereocenters. The molecule has 0 N–H and O–H groups in total. The maximum atomic E-state index is 2.30. The zero-order valence-corrected chi connectivity index (χ0v) is 19.1. The first-order valence-electron chi connectivity index (χ1n) is 5.47. The molecule has 0 aliphatic rings. The number of fused-ring (bicyclic) bond motifs is 1. The molecule has 0 saturated heterocycles. The van der Waals surface area contributed by atoms with Crippen LogP contribution in [0.2, 0.25) is 13.1 Å². The van der Waals surface area contributed by atoms with Gasteiger partial charge in [-0.05, 0) is 6.42 Å². The Kier molecular flexibility index (Phi) is 18.1. The number of aryl methyl sites for hydroxylation is 2. The van der Waals surface area contributed by atoms with Crippen LogP contribution < -0.4 is 48.0 Å². The zero-order valence-electron chi connectivity index (χ0n) is 11.3. The molecule has 97 valence electrons. The monoisotopic (exact) mass is 559 g/mol. The molecule has 0 bridgehead atoms. The summed E-state index contributed by atoms with van der Waals surface area (Å²) in [5, 5.41) is 2.79. The molecule has 0 saturated carbocycles. The van der Waals surface area contributed by atoms with E-state index in [-0.39, 0.29) is 74.2 Å². The van der Waals surface area contributed by atoms with E-state index in [9.17, 15) is 0 Å². The summed E-state index contributed by atoms with van der Waals surface area (Å²) in [5.74, 6) is 0. The van der Waals surface area contributed by atoms with Crippen molar-refractivity contribution in [2.75, 3.05) is 0 Å². The zero-order chi connectivity index (χ0) is 11.3. The van der Waals surface area contributed by atoms with Crippen molar-refractivity contribution in [3.05, 3.63) is 41.5 Å². The quantitative estimate of drug-likeness (QED) is 0.220. The van der Waals surface area contributed by atoms with Gasteiger partial charge in [-0.25, -0.2) is 0 Å². The van der Waals surface area contributed by atoms with Crippen LogP contribution in [-0.2, 0) is 32.6 Å². The minimum atomic E-state index is 0. The van der Waals surface area contributed by atoms with E-state index in [0.717, 1.165) is 15.9 Å². The fourth-order valence-electron chi connectivity index (χ4n) is 1.80. The van der Waals surface area contributed by atoms with Gasteiger partial charge in [0.25, 0.3) is 0 Å². The van der Waals surface area contributed by atoms with Gasteiger partial charge < -0.3 is 48.0 Å². The SMILES string of the molecule is CCc1[cH-]c2ccccc2c1C.C[Si]C.[I-].[I-].[Zr+3]. The van der Waals surface area contributed by atoms with Crippen LogP contribution in [0.25, 0.3) is 10.8 Å². The summed E-state index contributed by atoms with van der Waals surface area (Å²) in [5.41, 5.74) is 2.93. The number of halogens is 2. The van der Waals surface area contributed by atoms with E-state index >= 15 is 0 Å². The van der Waals surface area contributed by atoms with Gasteiger partial charge in [0, 0.05) is 9.52 Å². The van der Waals surface area contributed by atoms with Gasteiger partial charge in [0.15, 0.2) is 0 Å². The van der Waals surface area contributed by atoms with E-state index in [1.54, 1.807) is 0 Å². The van der Waals surface area contributed by atoms with Crippen molar-refractivity contribution in [1.82, 2.24) is 0 Å². The van der Waals surface area contributed by atoms with Crippen molar-refractivity contribution >= 4 is 20.3 Å². The van der Waals surface area contributed by atoms with E-state index < -0.39 is 0 Å². The average molecular weight is 560 g/mol. The number of hydrogen-bond acceptors (Lipinski definition) is 0. The predicted molar refractivity (Wildman–Crippen MR) is 71.1 cm³/mol. The predicted octanol–water partition coefficient (Wildman–Crippen LogP) is -1.78. The van der Waals surface area contributed by atoms with E-state index in [4.69, 9.17) is 0 Å². The Bertz CT molecular complexity index is 427. The maximum absolute atomic E-state index is 2.30. The molecular weight excluding hydrogens is 541 g/mol. The number of hydrogen-bond donors (Lipinski definition) is 0. The van der Waals surface area contributed by atoms with Gasteiger partial charge in [-0.3, -0.25) is 0 Å². The normalized spacial score (nSPS) is 8.22. The molecule has 2 aromatic carbocycles. The van der Waals surface area contributed by atoms with E-state index in [1.165, 1.54) is 21.9 Å². The third-order valence-electron chi connectivity index (χ3n) is 2.56. The summed E-state index contributed by atoms with van der Waals surface area (Å²) in [6.45, 7) is 8.72. The molecule has 0 heterocycles. The van der Waals surface area contributed by atoms with Crippen LogP contribution in [0.1, 0.15) is 18.1 Å². The van der Waals surface area contributed by atoms with Crippen molar-refractivity contribution in [2.45, 2.75) is 33.4 Å². The summed E-state index contributed by atoms with van der Waals surface area (Å²) >= 11 is 0. The molecule has 0 spiro atoms. The Morgan fingerprint density at radius 3 is 2.06 bits per heavy atom. The second-order valence-electron chi connectivity index (χ2n) is 3.74. The summed E-state index contributed by atoms with van der Waals surface area (Å²) in [7, 11) is 1.08. The van der Waals surface area contributed by atoms with E-state index in [2.05, 4.69) is 57.3 Å². The number of rotatable bonds is 1. The van der Waals surface area contributed by atoms with Gasteiger partial charge >= 0.3 is 26.2 Å². The maximum Gasteiger partial charge on any atom is 3.00 e. The van der Waals surface area contributed by atoms with Gasteiger partial charge in [0.1, 0.15) is 0 Å². The largest absolute Gasteiger partial charge is 3.00 e. The molecule has 0 aliphatic carbocycles. The van der Waals surface area contributed by atoms with Gasteiger partial charge in [0.05, 0.1) is 0 Å². The second kappa shape index (κ2) is 13.4. The second-order valence-corrected chi connectivity index (χ2v) is 4.74. The van der Waals surface area contributed by atoms with Crippen molar-refractivity contribution in [3.8, 4) is 0 Å². The third kappa shape index (κ3) is 6.71. The topological polar surface area (TPSA) is 0 Å². The molecule has 0 aliphatic heterocycles. The van der Waals surface area contributed by atoms with Crippen molar-refractivity contribution in [1.29, 1.82) is 0 Å². The van der Waals surface area contributed by atoms with E-state index in [1.807, 2.05) is 0 Å². The van der Waals surface area contributed by atoms with Crippen molar-refractivity contribution in [2.24, 2.45) is 0 Å². The Morgan fingerprint density at radius 1 is 1.11 bits per heavy atom. The first-order valence-corrected chi connectivity index (χ1v) is 7.47. The molecule has 0 atom stereocenters. The molecule has 0 amide bonds. The fraction of sp³-hybridized carbons (Fsp3) is 0.357. The molecule has 2 aromatic rings. The van der Waals surface area contributed by atoms with Crippen LogP contribution in [-0.4, -0.2) is 9.52 Å². The van der Waals surface area contributed by atoms with Crippen LogP contribution in [0.5, 0.6) is 0 Å². The Morgan fingerprint density at radius 2 is 1.61 bits per heavy atom. The molecule has 0 fully saturated rings. The molecular formula is C14H19I2SiZr. The van der Waals surface area contributed by atoms with Gasteiger partial charge in [-0.2, -0.15) is 5.56 Å². The third-order valence-corrected chi connectivity index (χ3v) is 2.56. The van der Waals surface area contributed by atoms with Crippen molar-refractivity contribution < 1.29 is 74.2 Å². The molecule has 3 radical (unpaired) electrons. The molecule has 0 nitrogen and oxygen atoms in total. The van der Waals surface area contributed by atoms with Crippen LogP contribution >= 0.6 is 0 Å². The van der Waals surface area contributed by atoms with Crippen LogP contribution in [0.3, 0.4) is 0 Å². The summed E-state index contributed by atoms with van der Waals surface area (Å²) in [6.07, 6.45) is 1.14. The van der Waals surface area contributed by atoms with Gasteiger partial charge in [0.2, 0.25) is 0 Å². The average Bonchev–Trinajstić information content (AvgIpc) is 2.57. The summed E-state index contributed by atoms with van der Waals surface area (Å²) < 4.78 is 0. The molecule has 2 rings (SSSR count). The summed E-state index contributed by atoms with van der Waals surface area (Å²) in [4.78, 5) is 0. The standard InChI is InChI=1S/C12H13.C2H6Si.2HI.Zr/c1-3-10-8-11-6-4-5-7-12(11)9(10)2;1-3-2;;;/h4-8H,3H2,1-2H3;1-2H3;2*1H;/q-1;;;;+3/p-2. The van der Waals surface area contributed by atoms with Gasteiger partial charge in [-0.15, -0.1) is 40.6 Å². The van der Waals surface area contributed by atoms with Crippen LogP contribution in [0, 0.1) is 6.92 Å². The summed E-state index contributed by atoms with van der Waals surface area (Å²) in [6, 6.07) is 10.9. The van der Waals surface area contributed by atoms with E-state index in [0.29, 0.717) is 0 Å². The van der Waals surface area contributed by atoms with Crippen molar-refractivity contribution in [3.63, 3.8) is 0 Å². The molecule has 4 heteroatoms. The Balaban J connectivity index is -0.000000345. The van der Waals surface area contributed by atoms with Crippen LogP contribution in [0.15, 0.2) is 30.3 Å². The van der Waals surface area contributed by atoms with Crippen LogP contribution in [0.4, 0.5) is 0 Å². The first-order chi connectivity index (χ1) is 7.24.